The van der Waals surface area contributed by atoms with Crippen molar-refractivity contribution in [3.05, 3.63) is 0 Å². The maximum absolute atomic E-state index is 12.2. The molecule has 0 aromatic carbocycles. The number of carboxylic acids is 1. The number of alkyl carbamates (subject to hydrolysis) is 1. The molecule has 0 heterocycles. The van der Waals surface area contributed by atoms with Crippen molar-refractivity contribution in [3.8, 4) is 0 Å². The molecule has 0 aromatic heterocycles. The molecule has 18 heavy (non-hydrogen) atoms. The van der Waals surface area contributed by atoms with Gasteiger partial charge < -0.3 is 15.2 Å². The van der Waals surface area contributed by atoms with Crippen LogP contribution in [0.3, 0.4) is 0 Å². The lowest BCUT2D eigenvalue weighted by molar-refractivity contribution is -0.141. The van der Waals surface area contributed by atoms with Crippen molar-refractivity contribution >= 4 is 12.1 Å². The first-order chi connectivity index (χ1) is 8.07. The molecule has 2 unspecified atom stereocenters. The lowest BCUT2D eigenvalue weighted by atomic mass is 10.1. The van der Waals surface area contributed by atoms with Gasteiger partial charge in [-0.2, -0.15) is 0 Å². The first kappa shape index (κ1) is 14.7. The number of halogens is 2. The standard InChI is InChI=1S/C11H17F2NO4/c1-10(2,3)18-9(17)14-11(8(15)16)5-6(11)4-7(12)13/h6-7H,4-5H2,1-3H3,(H,14,17)(H,15,16). The van der Waals surface area contributed by atoms with Gasteiger partial charge in [-0.25, -0.2) is 18.4 Å². The van der Waals surface area contributed by atoms with Crippen LogP contribution < -0.4 is 5.32 Å². The van der Waals surface area contributed by atoms with E-state index in [0.29, 0.717) is 0 Å². The second-order valence-corrected chi connectivity index (χ2v) is 5.43. The maximum Gasteiger partial charge on any atom is 0.408 e. The molecule has 2 N–H and O–H groups in total. The topological polar surface area (TPSA) is 75.6 Å². The highest BCUT2D eigenvalue weighted by Crippen LogP contribution is 2.47. The summed E-state index contributed by atoms with van der Waals surface area (Å²) in [5.41, 5.74) is -2.37. The number of rotatable bonds is 4. The van der Waals surface area contributed by atoms with Gasteiger partial charge in [-0.05, 0) is 27.2 Å². The lowest BCUT2D eigenvalue weighted by Crippen LogP contribution is -2.47. The van der Waals surface area contributed by atoms with Gasteiger partial charge in [-0.3, -0.25) is 0 Å². The smallest absolute Gasteiger partial charge is 0.408 e. The highest BCUT2D eigenvalue weighted by molar-refractivity contribution is 5.88. The Hall–Kier alpha value is -1.40. The van der Waals surface area contributed by atoms with E-state index in [9.17, 15) is 18.4 Å². The minimum absolute atomic E-state index is 0.00587. The van der Waals surface area contributed by atoms with Crippen LogP contribution in [0.1, 0.15) is 33.6 Å². The molecule has 0 aliphatic heterocycles. The summed E-state index contributed by atoms with van der Waals surface area (Å²) in [6, 6.07) is 0. The van der Waals surface area contributed by atoms with Crippen molar-refractivity contribution in [3.63, 3.8) is 0 Å². The van der Waals surface area contributed by atoms with Gasteiger partial charge in [-0.15, -0.1) is 0 Å². The van der Waals surface area contributed by atoms with E-state index in [2.05, 4.69) is 5.32 Å². The van der Waals surface area contributed by atoms with Crippen LogP contribution in [0, 0.1) is 5.92 Å². The summed E-state index contributed by atoms with van der Waals surface area (Å²) >= 11 is 0. The third-order valence-electron chi connectivity index (χ3n) is 2.67. The van der Waals surface area contributed by atoms with Gasteiger partial charge in [0.05, 0.1) is 0 Å². The van der Waals surface area contributed by atoms with E-state index in [4.69, 9.17) is 9.84 Å². The van der Waals surface area contributed by atoms with Crippen molar-refractivity contribution in [1.29, 1.82) is 0 Å². The second kappa shape index (κ2) is 4.70. The average molecular weight is 265 g/mol. The summed E-state index contributed by atoms with van der Waals surface area (Å²) in [4.78, 5) is 22.5. The van der Waals surface area contributed by atoms with Crippen LogP contribution in [-0.4, -0.2) is 34.7 Å². The normalized spacial score (nSPS) is 26.9. The molecule has 0 saturated heterocycles. The number of hydrogen-bond donors (Lipinski definition) is 2. The van der Waals surface area contributed by atoms with Gasteiger partial charge in [0, 0.05) is 12.3 Å². The van der Waals surface area contributed by atoms with Crippen LogP contribution in [0.15, 0.2) is 0 Å². The Morgan fingerprint density at radius 2 is 2.06 bits per heavy atom. The van der Waals surface area contributed by atoms with Crippen molar-refractivity contribution < 1.29 is 28.2 Å². The van der Waals surface area contributed by atoms with Crippen LogP contribution in [-0.2, 0) is 9.53 Å². The molecule has 0 bridgehead atoms. The van der Waals surface area contributed by atoms with Gasteiger partial charge in [0.2, 0.25) is 6.43 Å². The Morgan fingerprint density at radius 1 is 1.50 bits per heavy atom. The minimum atomic E-state index is -2.59. The number of amides is 1. The molecule has 104 valence electrons. The highest BCUT2D eigenvalue weighted by atomic mass is 19.3. The Labute approximate surface area is 103 Å². The monoisotopic (exact) mass is 265 g/mol. The second-order valence-electron chi connectivity index (χ2n) is 5.43. The molecular weight excluding hydrogens is 248 g/mol. The molecular formula is C11H17F2NO4. The molecule has 5 nitrogen and oxygen atoms in total. The lowest BCUT2D eigenvalue weighted by Gasteiger charge is -2.22. The van der Waals surface area contributed by atoms with Gasteiger partial charge in [0.25, 0.3) is 0 Å². The number of aliphatic carboxylic acids is 1. The van der Waals surface area contributed by atoms with Crippen molar-refractivity contribution in [2.45, 2.75) is 51.2 Å². The summed E-state index contributed by atoms with van der Waals surface area (Å²) in [6.07, 6.45) is -4.02. The van der Waals surface area contributed by atoms with E-state index >= 15 is 0 Å². The first-order valence-corrected chi connectivity index (χ1v) is 5.59. The van der Waals surface area contributed by atoms with Gasteiger partial charge in [-0.1, -0.05) is 0 Å². The molecule has 1 saturated carbocycles. The molecule has 0 aromatic rings. The van der Waals surface area contributed by atoms with Gasteiger partial charge in [0.15, 0.2) is 0 Å². The number of nitrogens with one attached hydrogen (secondary N) is 1. The summed E-state index contributed by atoms with van der Waals surface area (Å²) in [5, 5.41) is 11.2. The predicted octanol–water partition coefficient (Wildman–Crippen LogP) is 2.01. The number of hydrogen-bond acceptors (Lipinski definition) is 3. The van der Waals surface area contributed by atoms with E-state index in [1.165, 1.54) is 0 Å². The number of ether oxygens (including phenoxy) is 1. The van der Waals surface area contributed by atoms with E-state index < -0.39 is 42.0 Å². The van der Waals surface area contributed by atoms with Crippen LogP contribution in [0.4, 0.5) is 13.6 Å². The fourth-order valence-corrected chi connectivity index (χ4v) is 1.78. The molecule has 1 aliphatic rings. The number of alkyl halides is 2. The predicted molar refractivity (Wildman–Crippen MR) is 58.5 cm³/mol. The van der Waals surface area contributed by atoms with Crippen molar-refractivity contribution in [2.75, 3.05) is 0 Å². The summed E-state index contributed by atoms with van der Waals surface area (Å²) < 4.78 is 29.3. The Balaban J connectivity index is 2.62. The van der Waals surface area contributed by atoms with Crippen molar-refractivity contribution in [2.24, 2.45) is 5.92 Å². The largest absolute Gasteiger partial charge is 0.479 e. The molecule has 2 atom stereocenters. The number of carboxylic acid groups (broad SMARTS) is 1. The average Bonchev–Trinajstić information content (AvgIpc) is 2.74. The fraction of sp³-hybridized carbons (Fsp3) is 0.818. The quantitative estimate of drug-likeness (QED) is 0.815. The maximum atomic E-state index is 12.2. The minimum Gasteiger partial charge on any atom is -0.479 e. The first-order valence-electron chi connectivity index (χ1n) is 5.59. The fourth-order valence-electron chi connectivity index (χ4n) is 1.78. The van der Waals surface area contributed by atoms with Crippen molar-refractivity contribution in [1.82, 2.24) is 5.32 Å². The molecule has 7 heteroatoms. The zero-order chi connectivity index (χ0) is 14.1. The van der Waals surface area contributed by atoms with E-state index in [0.717, 1.165) is 0 Å². The number of carbonyl (C=O) groups is 2. The Kier molecular flexibility index (Phi) is 3.83. The number of carbonyl (C=O) groups excluding carboxylic acids is 1. The molecule has 1 aliphatic carbocycles. The zero-order valence-corrected chi connectivity index (χ0v) is 10.5. The molecule has 0 spiro atoms. The molecule has 1 fully saturated rings. The summed E-state index contributed by atoms with van der Waals surface area (Å²) in [7, 11) is 0. The highest BCUT2D eigenvalue weighted by Gasteiger charge is 2.62. The molecule has 0 radical (unpaired) electrons. The van der Waals surface area contributed by atoms with Gasteiger partial charge >= 0.3 is 12.1 Å². The summed E-state index contributed by atoms with van der Waals surface area (Å²) in [6.45, 7) is 4.89. The van der Waals surface area contributed by atoms with Crippen LogP contribution >= 0.6 is 0 Å². The van der Waals surface area contributed by atoms with E-state index in [1.807, 2.05) is 0 Å². The van der Waals surface area contributed by atoms with Crippen LogP contribution in [0.25, 0.3) is 0 Å². The van der Waals surface area contributed by atoms with Gasteiger partial charge in [0.1, 0.15) is 11.1 Å². The molecule has 1 rings (SSSR count). The third kappa shape index (κ3) is 3.54. The van der Waals surface area contributed by atoms with E-state index in [-0.39, 0.29) is 6.42 Å². The molecule has 1 amide bonds. The Bertz CT molecular complexity index is 353. The third-order valence-corrected chi connectivity index (χ3v) is 2.67. The Morgan fingerprint density at radius 3 is 2.44 bits per heavy atom. The van der Waals surface area contributed by atoms with Crippen LogP contribution in [0.5, 0.6) is 0 Å². The zero-order valence-electron chi connectivity index (χ0n) is 10.5. The van der Waals surface area contributed by atoms with Crippen LogP contribution in [0.2, 0.25) is 0 Å². The summed E-state index contributed by atoms with van der Waals surface area (Å²) in [5.74, 6) is -2.05. The SMILES string of the molecule is CC(C)(C)OC(=O)NC1(C(=O)O)CC1CC(F)F. The van der Waals surface area contributed by atoms with E-state index in [1.54, 1.807) is 20.8 Å².